The largest absolute Gasteiger partial charge is 0.395 e. The van der Waals surface area contributed by atoms with Gasteiger partial charge in [-0.05, 0) is 54.7 Å². The number of halogens is 1. The molecule has 0 spiro atoms. The van der Waals surface area contributed by atoms with Crippen LogP contribution in [-0.2, 0) is 11.8 Å². The molecule has 21 heavy (non-hydrogen) atoms. The molecular weight excluding hydrogens is 265 g/mol. The number of rotatable bonds is 5. The van der Waals surface area contributed by atoms with Crippen LogP contribution in [0.3, 0.4) is 0 Å². The van der Waals surface area contributed by atoms with E-state index in [1.54, 1.807) is 12.1 Å². The minimum atomic E-state index is -0.574. The molecule has 0 aliphatic carbocycles. The molecule has 2 aromatic rings. The Labute approximate surface area is 125 Å². The van der Waals surface area contributed by atoms with Crippen molar-refractivity contribution in [1.29, 1.82) is 0 Å². The van der Waals surface area contributed by atoms with Crippen molar-refractivity contribution in [2.45, 2.75) is 25.7 Å². The van der Waals surface area contributed by atoms with Gasteiger partial charge in [0.05, 0.1) is 6.61 Å². The summed E-state index contributed by atoms with van der Waals surface area (Å²) in [5.74, 6) is -0.284. The molecule has 0 saturated carbocycles. The first-order valence-electron chi connectivity index (χ1n) is 7.14. The van der Waals surface area contributed by atoms with Crippen molar-refractivity contribution in [2.75, 3.05) is 13.2 Å². The summed E-state index contributed by atoms with van der Waals surface area (Å²) in [5.41, 5.74) is 9.83. The number of nitrogens with two attached hydrogens (primary N) is 1. The van der Waals surface area contributed by atoms with Crippen molar-refractivity contribution < 1.29 is 9.50 Å². The second kappa shape index (κ2) is 6.37. The SMILES string of the molecule is Cc1ccc(CC(CN)(CO)c2ccc(F)cc2)cc1C. The lowest BCUT2D eigenvalue weighted by Crippen LogP contribution is -2.41. The van der Waals surface area contributed by atoms with Crippen LogP contribution in [-0.4, -0.2) is 18.3 Å². The fraction of sp³-hybridized carbons (Fsp3) is 0.333. The van der Waals surface area contributed by atoms with E-state index in [0.29, 0.717) is 13.0 Å². The fourth-order valence-corrected chi connectivity index (χ4v) is 2.61. The van der Waals surface area contributed by atoms with Gasteiger partial charge >= 0.3 is 0 Å². The van der Waals surface area contributed by atoms with E-state index < -0.39 is 5.41 Å². The molecule has 0 radical (unpaired) electrons. The molecule has 0 amide bonds. The van der Waals surface area contributed by atoms with Gasteiger partial charge in [0, 0.05) is 12.0 Å². The highest BCUT2D eigenvalue weighted by Crippen LogP contribution is 2.28. The van der Waals surface area contributed by atoms with E-state index in [2.05, 4.69) is 32.0 Å². The Balaban J connectivity index is 2.37. The lowest BCUT2D eigenvalue weighted by molar-refractivity contribution is 0.196. The molecule has 0 heterocycles. The molecule has 0 saturated heterocycles. The van der Waals surface area contributed by atoms with Crippen LogP contribution in [0.4, 0.5) is 4.39 Å². The van der Waals surface area contributed by atoms with E-state index in [9.17, 15) is 9.50 Å². The second-order valence-corrected chi connectivity index (χ2v) is 5.74. The van der Waals surface area contributed by atoms with Crippen molar-refractivity contribution >= 4 is 0 Å². The van der Waals surface area contributed by atoms with Crippen LogP contribution < -0.4 is 5.73 Å². The van der Waals surface area contributed by atoms with Crippen LogP contribution in [0.1, 0.15) is 22.3 Å². The summed E-state index contributed by atoms with van der Waals surface area (Å²) in [6.07, 6.45) is 0.632. The lowest BCUT2D eigenvalue weighted by Gasteiger charge is -2.31. The van der Waals surface area contributed by atoms with Gasteiger partial charge in [-0.2, -0.15) is 0 Å². The van der Waals surface area contributed by atoms with Crippen molar-refractivity contribution in [1.82, 2.24) is 0 Å². The molecule has 3 heteroatoms. The minimum Gasteiger partial charge on any atom is -0.395 e. The average molecular weight is 287 g/mol. The van der Waals surface area contributed by atoms with Crippen LogP contribution in [0.15, 0.2) is 42.5 Å². The van der Waals surface area contributed by atoms with Crippen molar-refractivity contribution in [3.8, 4) is 0 Å². The molecule has 0 aliphatic rings. The summed E-state index contributed by atoms with van der Waals surface area (Å²) in [6.45, 7) is 4.38. The van der Waals surface area contributed by atoms with Gasteiger partial charge in [-0.3, -0.25) is 0 Å². The number of aliphatic hydroxyl groups excluding tert-OH is 1. The Bertz CT molecular complexity index is 603. The Morgan fingerprint density at radius 1 is 1.05 bits per heavy atom. The van der Waals surface area contributed by atoms with Gasteiger partial charge in [-0.25, -0.2) is 4.39 Å². The van der Waals surface area contributed by atoms with Crippen LogP contribution in [0, 0.1) is 19.7 Å². The first-order valence-corrected chi connectivity index (χ1v) is 7.14. The van der Waals surface area contributed by atoms with Crippen LogP contribution >= 0.6 is 0 Å². The number of aliphatic hydroxyl groups is 1. The molecular formula is C18H22FNO. The number of aryl methyl sites for hydroxylation is 2. The van der Waals surface area contributed by atoms with Gasteiger partial charge in [0.15, 0.2) is 0 Å². The van der Waals surface area contributed by atoms with Crippen LogP contribution in [0.25, 0.3) is 0 Å². The van der Waals surface area contributed by atoms with Gasteiger partial charge in [0.25, 0.3) is 0 Å². The van der Waals surface area contributed by atoms with Gasteiger partial charge in [0.2, 0.25) is 0 Å². The first-order chi connectivity index (χ1) is 10.0. The van der Waals surface area contributed by atoms with Gasteiger partial charge in [-0.15, -0.1) is 0 Å². The lowest BCUT2D eigenvalue weighted by atomic mass is 9.76. The van der Waals surface area contributed by atoms with Gasteiger partial charge in [-0.1, -0.05) is 30.3 Å². The Morgan fingerprint density at radius 2 is 1.71 bits per heavy atom. The number of benzene rings is 2. The van der Waals surface area contributed by atoms with E-state index in [-0.39, 0.29) is 12.4 Å². The van der Waals surface area contributed by atoms with Crippen molar-refractivity contribution in [2.24, 2.45) is 5.73 Å². The summed E-state index contributed by atoms with van der Waals surface area (Å²) in [4.78, 5) is 0. The highest BCUT2D eigenvalue weighted by atomic mass is 19.1. The maximum absolute atomic E-state index is 13.1. The normalized spacial score (nSPS) is 14.0. The van der Waals surface area contributed by atoms with Crippen LogP contribution in [0.5, 0.6) is 0 Å². The summed E-state index contributed by atoms with van der Waals surface area (Å²) in [7, 11) is 0. The zero-order valence-corrected chi connectivity index (χ0v) is 12.6. The Kier molecular flexibility index (Phi) is 4.76. The maximum Gasteiger partial charge on any atom is 0.123 e. The topological polar surface area (TPSA) is 46.2 Å². The summed E-state index contributed by atoms with van der Waals surface area (Å²) in [5, 5.41) is 9.91. The van der Waals surface area contributed by atoms with Gasteiger partial charge < -0.3 is 10.8 Å². The number of hydrogen-bond donors (Lipinski definition) is 2. The van der Waals surface area contributed by atoms with Crippen LogP contribution in [0.2, 0.25) is 0 Å². The third kappa shape index (κ3) is 3.31. The molecule has 0 bridgehead atoms. The monoisotopic (exact) mass is 287 g/mol. The second-order valence-electron chi connectivity index (χ2n) is 5.74. The molecule has 1 atom stereocenters. The third-order valence-electron chi connectivity index (χ3n) is 4.26. The van der Waals surface area contributed by atoms with Crippen molar-refractivity contribution in [3.63, 3.8) is 0 Å². The Hall–Kier alpha value is -1.71. The minimum absolute atomic E-state index is 0.0674. The highest BCUT2D eigenvalue weighted by molar-refractivity contribution is 5.35. The standard InChI is InChI=1S/C18H22FNO/c1-13-3-4-15(9-14(13)2)10-18(11-20,12-21)16-5-7-17(19)8-6-16/h3-9,21H,10-12,20H2,1-2H3. The molecule has 3 N–H and O–H groups in total. The molecule has 2 nitrogen and oxygen atoms in total. The smallest absolute Gasteiger partial charge is 0.123 e. The highest BCUT2D eigenvalue weighted by Gasteiger charge is 2.30. The van der Waals surface area contributed by atoms with E-state index in [1.807, 2.05) is 0 Å². The molecule has 0 aliphatic heterocycles. The molecule has 0 aromatic heterocycles. The molecule has 1 unspecified atom stereocenters. The zero-order valence-electron chi connectivity index (χ0n) is 12.6. The summed E-state index contributed by atoms with van der Waals surface area (Å²) >= 11 is 0. The fourth-order valence-electron chi connectivity index (χ4n) is 2.61. The summed E-state index contributed by atoms with van der Waals surface area (Å²) < 4.78 is 13.1. The third-order valence-corrected chi connectivity index (χ3v) is 4.26. The molecule has 2 rings (SSSR count). The van der Waals surface area contributed by atoms with E-state index >= 15 is 0 Å². The molecule has 2 aromatic carbocycles. The maximum atomic E-state index is 13.1. The zero-order chi connectivity index (χ0) is 15.5. The molecule has 112 valence electrons. The average Bonchev–Trinajstić information content (AvgIpc) is 2.49. The first kappa shape index (κ1) is 15.7. The van der Waals surface area contributed by atoms with E-state index in [4.69, 9.17) is 5.73 Å². The number of hydrogen-bond acceptors (Lipinski definition) is 2. The van der Waals surface area contributed by atoms with E-state index in [1.165, 1.54) is 23.3 Å². The van der Waals surface area contributed by atoms with E-state index in [0.717, 1.165) is 11.1 Å². The summed E-state index contributed by atoms with van der Waals surface area (Å²) in [6, 6.07) is 12.5. The van der Waals surface area contributed by atoms with Crippen molar-refractivity contribution in [3.05, 3.63) is 70.5 Å². The van der Waals surface area contributed by atoms with Gasteiger partial charge in [0.1, 0.15) is 5.82 Å². The quantitative estimate of drug-likeness (QED) is 0.888. The predicted octanol–water partition coefficient (Wildman–Crippen LogP) is 2.87. The molecule has 0 fully saturated rings. The Morgan fingerprint density at radius 3 is 2.24 bits per heavy atom. The predicted molar refractivity (Wildman–Crippen MR) is 83.8 cm³/mol.